The SMILES string of the molecule is COc1ccc(C(F)(F)F)cc1-c1ccc(N)c2ncnn12. The Balaban J connectivity index is 2.29. The lowest BCUT2D eigenvalue weighted by atomic mass is 10.1. The van der Waals surface area contributed by atoms with Gasteiger partial charge in [0.05, 0.1) is 24.1 Å². The fourth-order valence-corrected chi connectivity index (χ4v) is 2.22. The molecule has 0 unspecified atom stereocenters. The standard InChI is InChI=1S/C14H11F3N4O/c1-22-12-5-2-8(14(15,16)17)6-9(12)11-4-3-10(18)13-19-7-20-21(11)13/h2-7H,18H2,1H3. The summed E-state index contributed by atoms with van der Waals surface area (Å²) in [6.45, 7) is 0. The third-order valence-electron chi connectivity index (χ3n) is 3.26. The van der Waals surface area contributed by atoms with Gasteiger partial charge >= 0.3 is 6.18 Å². The van der Waals surface area contributed by atoms with Crippen LogP contribution in [-0.2, 0) is 6.18 Å². The van der Waals surface area contributed by atoms with Gasteiger partial charge in [-0.15, -0.1) is 0 Å². The van der Waals surface area contributed by atoms with Crippen molar-refractivity contribution in [3.05, 3.63) is 42.2 Å². The zero-order chi connectivity index (χ0) is 15.9. The number of hydrogen-bond donors (Lipinski definition) is 1. The van der Waals surface area contributed by atoms with Crippen LogP contribution in [0.3, 0.4) is 0 Å². The third kappa shape index (κ3) is 2.22. The molecule has 0 atom stereocenters. The molecule has 114 valence electrons. The van der Waals surface area contributed by atoms with E-state index in [0.29, 0.717) is 22.8 Å². The first-order chi connectivity index (χ1) is 10.4. The number of hydrogen-bond acceptors (Lipinski definition) is 4. The summed E-state index contributed by atoms with van der Waals surface area (Å²) < 4.78 is 45.4. The molecule has 0 aliphatic rings. The Morgan fingerprint density at radius 2 is 1.95 bits per heavy atom. The number of fused-ring (bicyclic) bond motifs is 1. The van der Waals surface area contributed by atoms with Gasteiger partial charge in [0.25, 0.3) is 0 Å². The predicted octanol–water partition coefficient (Wildman–Crippen LogP) is 3.01. The molecule has 0 saturated heterocycles. The summed E-state index contributed by atoms with van der Waals surface area (Å²) >= 11 is 0. The topological polar surface area (TPSA) is 65.4 Å². The zero-order valence-electron chi connectivity index (χ0n) is 11.4. The minimum absolute atomic E-state index is 0.257. The van der Waals surface area contributed by atoms with E-state index in [1.165, 1.54) is 24.0 Å². The molecule has 0 fully saturated rings. The maximum absolute atomic E-state index is 12.9. The van der Waals surface area contributed by atoms with Gasteiger partial charge in [0.15, 0.2) is 5.65 Å². The molecule has 0 amide bonds. The van der Waals surface area contributed by atoms with E-state index >= 15 is 0 Å². The molecule has 3 rings (SSSR count). The average molecular weight is 308 g/mol. The molecule has 0 bridgehead atoms. The Hall–Kier alpha value is -2.77. The second-order valence-corrected chi connectivity index (χ2v) is 4.58. The van der Waals surface area contributed by atoms with Gasteiger partial charge in [-0.2, -0.15) is 18.3 Å². The highest BCUT2D eigenvalue weighted by Gasteiger charge is 2.31. The maximum atomic E-state index is 12.9. The summed E-state index contributed by atoms with van der Waals surface area (Å²) in [7, 11) is 1.39. The molecule has 0 spiro atoms. The highest BCUT2D eigenvalue weighted by Crippen LogP contribution is 2.37. The molecule has 0 radical (unpaired) electrons. The summed E-state index contributed by atoms with van der Waals surface area (Å²) in [5, 5.41) is 4.01. The van der Waals surface area contributed by atoms with Crippen LogP contribution >= 0.6 is 0 Å². The van der Waals surface area contributed by atoms with Crippen molar-refractivity contribution in [3.8, 4) is 17.0 Å². The van der Waals surface area contributed by atoms with Crippen LogP contribution in [0.25, 0.3) is 16.9 Å². The van der Waals surface area contributed by atoms with Crippen LogP contribution in [0.4, 0.5) is 18.9 Å². The average Bonchev–Trinajstić information content (AvgIpc) is 2.96. The van der Waals surface area contributed by atoms with Crippen LogP contribution in [0.15, 0.2) is 36.7 Å². The number of ether oxygens (including phenoxy) is 1. The zero-order valence-corrected chi connectivity index (χ0v) is 11.4. The molecule has 3 aromatic rings. The summed E-state index contributed by atoms with van der Waals surface area (Å²) in [6.07, 6.45) is -3.16. The van der Waals surface area contributed by atoms with Crippen molar-refractivity contribution in [2.24, 2.45) is 0 Å². The van der Waals surface area contributed by atoms with Gasteiger partial charge in [-0.1, -0.05) is 0 Å². The number of halogens is 3. The van der Waals surface area contributed by atoms with Crippen LogP contribution < -0.4 is 10.5 Å². The normalized spacial score (nSPS) is 11.8. The number of methoxy groups -OCH3 is 1. The summed E-state index contributed by atoms with van der Waals surface area (Å²) in [5.74, 6) is 0.301. The predicted molar refractivity (Wildman–Crippen MR) is 74.4 cm³/mol. The highest BCUT2D eigenvalue weighted by molar-refractivity contribution is 5.75. The first-order valence-corrected chi connectivity index (χ1v) is 6.25. The van der Waals surface area contributed by atoms with E-state index < -0.39 is 11.7 Å². The van der Waals surface area contributed by atoms with Gasteiger partial charge in [0.2, 0.25) is 0 Å². The Labute approximate surface area is 123 Å². The molecule has 1 aromatic carbocycles. The smallest absolute Gasteiger partial charge is 0.416 e. The van der Waals surface area contributed by atoms with E-state index in [1.54, 1.807) is 12.1 Å². The summed E-state index contributed by atoms with van der Waals surface area (Å²) in [5.41, 5.74) is 6.43. The molecule has 2 N–H and O–H groups in total. The summed E-state index contributed by atoms with van der Waals surface area (Å²) in [6, 6.07) is 6.41. The minimum atomic E-state index is -4.45. The second kappa shape index (κ2) is 4.90. The molecule has 2 heterocycles. The molecular weight excluding hydrogens is 297 g/mol. The van der Waals surface area contributed by atoms with E-state index in [2.05, 4.69) is 10.1 Å². The van der Waals surface area contributed by atoms with Crippen molar-refractivity contribution >= 4 is 11.3 Å². The van der Waals surface area contributed by atoms with Gasteiger partial charge < -0.3 is 10.5 Å². The fraction of sp³-hybridized carbons (Fsp3) is 0.143. The monoisotopic (exact) mass is 308 g/mol. The first-order valence-electron chi connectivity index (χ1n) is 6.25. The van der Waals surface area contributed by atoms with Gasteiger partial charge in [0.1, 0.15) is 12.1 Å². The largest absolute Gasteiger partial charge is 0.496 e. The number of pyridine rings is 1. The number of aromatic nitrogens is 3. The molecule has 8 heteroatoms. The van der Waals surface area contributed by atoms with Gasteiger partial charge in [0, 0.05) is 5.56 Å². The number of anilines is 1. The fourth-order valence-electron chi connectivity index (χ4n) is 2.22. The van der Waals surface area contributed by atoms with Crippen molar-refractivity contribution in [2.75, 3.05) is 12.8 Å². The van der Waals surface area contributed by atoms with E-state index in [9.17, 15) is 13.2 Å². The highest BCUT2D eigenvalue weighted by atomic mass is 19.4. The van der Waals surface area contributed by atoms with Crippen molar-refractivity contribution in [1.29, 1.82) is 0 Å². The lowest BCUT2D eigenvalue weighted by Gasteiger charge is -2.14. The lowest BCUT2D eigenvalue weighted by molar-refractivity contribution is -0.137. The van der Waals surface area contributed by atoms with E-state index in [1.807, 2.05) is 0 Å². The Kier molecular flexibility index (Phi) is 3.16. The lowest BCUT2D eigenvalue weighted by Crippen LogP contribution is -2.06. The Morgan fingerprint density at radius 1 is 1.18 bits per heavy atom. The third-order valence-corrected chi connectivity index (χ3v) is 3.26. The number of nitrogen functional groups attached to an aromatic ring is 1. The van der Waals surface area contributed by atoms with Crippen molar-refractivity contribution in [3.63, 3.8) is 0 Å². The molecule has 5 nitrogen and oxygen atoms in total. The molecule has 22 heavy (non-hydrogen) atoms. The Bertz CT molecular complexity index is 842. The van der Waals surface area contributed by atoms with Crippen LogP contribution in [0.1, 0.15) is 5.56 Å². The molecule has 0 saturated carbocycles. The number of rotatable bonds is 2. The van der Waals surface area contributed by atoms with Crippen LogP contribution in [0, 0.1) is 0 Å². The number of nitrogens with two attached hydrogens (primary N) is 1. The first kappa shape index (κ1) is 14.2. The van der Waals surface area contributed by atoms with Gasteiger partial charge in [-0.3, -0.25) is 0 Å². The van der Waals surface area contributed by atoms with Crippen LogP contribution in [0.2, 0.25) is 0 Å². The van der Waals surface area contributed by atoms with Crippen molar-refractivity contribution in [2.45, 2.75) is 6.18 Å². The van der Waals surface area contributed by atoms with Crippen molar-refractivity contribution < 1.29 is 17.9 Å². The quantitative estimate of drug-likeness (QED) is 0.790. The second-order valence-electron chi connectivity index (χ2n) is 4.58. The Morgan fingerprint density at radius 3 is 2.64 bits per heavy atom. The van der Waals surface area contributed by atoms with Crippen LogP contribution in [0.5, 0.6) is 5.75 Å². The summed E-state index contributed by atoms with van der Waals surface area (Å²) in [4.78, 5) is 3.99. The maximum Gasteiger partial charge on any atom is 0.416 e. The van der Waals surface area contributed by atoms with E-state index in [-0.39, 0.29) is 5.56 Å². The van der Waals surface area contributed by atoms with E-state index in [4.69, 9.17) is 10.5 Å². The minimum Gasteiger partial charge on any atom is -0.496 e. The molecule has 2 aromatic heterocycles. The number of alkyl halides is 3. The van der Waals surface area contributed by atoms with Crippen LogP contribution in [-0.4, -0.2) is 21.7 Å². The number of benzene rings is 1. The van der Waals surface area contributed by atoms with Gasteiger partial charge in [-0.25, -0.2) is 9.50 Å². The van der Waals surface area contributed by atoms with Gasteiger partial charge in [-0.05, 0) is 30.3 Å². The molecule has 0 aliphatic heterocycles. The van der Waals surface area contributed by atoms with E-state index in [0.717, 1.165) is 12.1 Å². The number of nitrogens with zero attached hydrogens (tertiary/aromatic N) is 3. The molecule has 0 aliphatic carbocycles. The van der Waals surface area contributed by atoms with Crippen molar-refractivity contribution in [1.82, 2.24) is 14.6 Å². The molecular formula is C14H11F3N4O.